The molecule has 92 valence electrons. The molecular formula is C12H18N4O. The summed E-state index contributed by atoms with van der Waals surface area (Å²) >= 11 is 0. The quantitative estimate of drug-likeness (QED) is 0.847. The molecule has 0 bridgehead atoms. The van der Waals surface area contributed by atoms with E-state index in [1.165, 1.54) is 0 Å². The number of rotatable bonds is 3. The predicted octanol–water partition coefficient (Wildman–Crippen LogP) is 1.02. The Morgan fingerprint density at radius 3 is 3.06 bits per heavy atom. The van der Waals surface area contributed by atoms with Crippen molar-refractivity contribution in [1.29, 1.82) is 0 Å². The number of nitrogens with zero attached hydrogens (tertiary/aromatic N) is 3. The van der Waals surface area contributed by atoms with Crippen LogP contribution >= 0.6 is 0 Å². The maximum Gasteiger partial charge on any atom is 0.219 e. The molecule has 0 saturated carbocycles. The highest BCUT2D eigenvalue weighted by Gasteiger charge is 2.25. The van der Waals surface area contributed by atoms with Gasteiger partial charge in [0.15, 0.2) is 0 Å². The van der Waals surface area contributed by atoms with Gasteiger partial charge in [0.1, 0.15) is 12.1 Å². The van der Waals surface area contributed by atoms with Gasteiger partial charge >= 0.3 is 0 Å². The van der Waals surface area contributed by atoms with E-state index in [1.807, 2.05) is 13.0 Å². The van der Waals surface area contributed by atoms with Gasteiger partial charge in [0.2, 0.25) is 5.91 Å². The Balaban J connectivity index is 2.18. The lowest BCUT2D eigenvalue weighted by Gasteiger charge is -2.36. The van der Waals surface area contributed by atoms with E-state index < -0.39 is 0 Å². The first-order chi connectivity index (χ1) is 8.16. The SMILES string of the molecule is Cc1cc(N2CCCC[C@@H]2CC(N)=O)ncn1. The van der Waals surface area contributed by atoms with Gasteiger partial charge in [-0.25, -0.2) is 9.97 Å². The molecule has 2 N–H and O–H groups in total. The maximum atomic E-state index is 11.1. The topological polar surface area (TPSA) is 72.1 Å². The van der Waals surface area contributed by atoms with Crippen LogP contribution in [0.2, 0.25) is 0 Å². The fourth-order valence-electron chi connectivity index (χ4n) is 2.34. The number of aromatic nitrogens is 2. The first-order valence-corrected chi connectivity index (χ1v) is 6.00. The fourth-order valence-corrected chi connectivity index (χ4v) is 2.34. The van der Waals surface area contributed by atoms with Crippen LogP contribution in [-0.2, 0) is 4.79 Å². The standard InChI is InChI=1S/C12H18N4O/c1-9-6-12(15-8-14-9)16-5-3-2-4-10(16)7-11(13)17/h6,8,10H,2-5,7H2,1H3,(H2,13,17)/t10-/m1/s1. The Kier molecular flexibility index (Phi) is 3.56. The zero-order valence-electron chi connectivity index (χ0n) is 10.1. The van der Waals surface area contributed by atoms with Crippen molar-refractivity contribution >= 4 is 11.7 Å². The Labute approximate surface area is 101 Å². The third-order valence-corrected chi connectivity index (χ3v) is 3.15. The Morgan fingerprint density at radius 2 is 2.35 bits per heavy atom. The van der Waals surface area contributed by atoms with E-state index in [1.54, 1.807) is 6.33 Å². The second kappa shape index (κ2) is 5.12. The first-order valence-electron chi connectivity index (χ1n) is 6.00. The zero-order valence-corrected chi connectivity index (χ0v) is 10.1. The lowest BCUT2D eigenvalue weighted by Crippen LogP contribution is -2.42. The average molecular weight is 234 g/mol. The van der Waals surface area contributed by atoms with Crippen molar-refractivity contribution < 1.29 is 4.79 Å². The highest BCUT2D eigenvalue weighted by atomic mass is 16.1. The van der Waals surface area contributed by atoms with Gasteiger partial charge in [-0.2, -0.15) is 0 Å². The zero-order chi connectivity index (χ0) is 12.3. The summed E-state index contributed by atoms with van der Waals surface area (Å²) in [7, 11) is 0. The number of amides is 1. The van der Waals surface area contributed by atoms with Gasteiger partial charge in [-0.05, 0) is 26.2 Å². The smallest absolute Gasteiger partial charge is 0.219 e. The van der Waals surface area contributed by atoms with Crippen molar-refractivity contribution in [2.45, 2.75) is 38.6 Å². The number of carbonyl (C=O) groups is 1. The molecule has 1 atom stereocenters. The lowest BCUT2D eigenvalue weighted by atomic mass is 9.99. The summed E-state index contributed by atoms with van der Waals surface area (Å²) < 4.78 is 0. The molecule has 5 heteroatoms. The molecule has 1 aromatic rings. The van der Waals surface area contributed by atoms with Crippen molar-refractivity contribution in [2.75, 3.05) is 11.4 Å². The van der Waals surface area contributed by atoms with Crippen LogP contribution in [0, 0.1) is 6.92 Å². The summed E-state index contributed by atoms with van der Waals surface area (Å²) in [5.74, 6) is 0.663. The van der Waals surface area contributed by atoms with E-state index in [2.05, 4.69) is 14.9 Å². The summed E-state index contributed by atoms with van der Waals surface area (Å²) in [4.78, 5) is 21.6. The minimum Gasteiger partial charge on any atom is -0.370 e. The molecule has 1 aliphatic heterocycles. The normalized spacial score (nSPS) is 20.3. The number of primary amides is 1. The second-order valence-electron chi connectivity index (χ2n) is 4.53. The molecule has 1 fully saturated rings. The molecule has 5 nitrogen and oxygen atoms in total. The van der Waals surface area contributed by atoms with Crippen LogP contribution in [0.15, 0.2) is 12.4 Å². The number of anilines is 1. The minimum atomic E-state index is -0.243. The number of carbonyl (C=O) groups excluding carboxylic acids is 1. The summed E-state index contributed by atoms with van der Waals surface area (Å²) in [5.41, 5.74) is 6.24. The van der Waals surface area contributed by atoms with Crippen LogP contribution < -0.4 is 10.6 Å². The molecule has 0 spiro atoms. The molecule has 0 radical (unpaired) electrons. The van der Waals surface area contributed by atoms with E-state index in [-0.39, 0.29) is 11.9 Å². The van der Waals surface area contributed by atoms with Crippen LogP contribution in [-0.4, -0.2) is 28.5 Å². The highest BCUT2D eigenvalue weighted by Crippen LogP contribution is 2.24. The molecule has 1 saturated heterocycles. The summed E-state index contributed by atoms with van der Waals surface area (Å²) in [6.45, 7) is 2.88. The third-order valence-electron chi connectivity index (χ3n) is 3.15. The fraction of sp³-hybridized carbons (Fsp3) is 0.583. The molecule has 1 aliphatic rings. The summed E-state index contributed by atoms with van der Waals surface area (Å²) in [6.07, 6.45) is 5.27. The summed E-state index contributed by atoms with van der Waals surface area (Å²) in [5, 5.41) is 0. The minimum absolute atomic E-state index is 0.190. The van der Waals surface area contributed by atoms with Crippen molar-refractivity contribution in [3.8, 4) is 0 Å². The molecule has 0 aliphatic carbocycles. The van der Waals surface area contributed by atoms with Crippen LogP contribution in [0.3, 0.4) is 0 Å². The molecule has 17 heavy (non-hydrogen) atoms. The number of piperidine rings is 1. The van der Waals surface area contributed by atoms with Crippen LogP contribution in [0.1, 0.15) is 31.4 Å². The molecule has 2 rings (SSSR count). The number of nitrogens with two attached hydrogens (primary N) is 1. The van der Waals surface area contributed by atoms with E-state index >= 15 is 0 Å². The number of hydrogen-bond acceptors (Lipinski definition) is 4. The van der Waals surface area contributed by atoms with Crippen molar-refractivity contribution in [3.63, 3.8) is 0 Å². The maximum absolute atomic E-state index is 11.1. The van der Waals surface area contributed by atoms with E-state index in [9.17, 15) is 4.79 Å². The second-order valence-corrected chi connectivity index (χ2v) is 4.53. The third kappa shape index (κ3) is 2.93. The monoisotopic (exact) mass is 234 g/mol. The predicted molar refractivity (Wildman–Crippen MR) is 65.6 cm³/mol. The van der Waals surface area contributed by atoms with Crippen LogP contribution in [0.25, 0.3) is 0 Å². The van der Waals surface area contributed by atoms with Gasteiger partial charge in [0.25, 0.3) is 0 Å². The molecule has 2 heterocycles. The van der Waals surface area contributed by atoms with Crippen molar-refractivity contribution in [1.82, 2.24) is 9.97 Å². The van der Waals surface area contributed by atoms with Gasteiger partial charge < -0.3 is 10.6 Å². The van der Waals surface area contributed by atoms with Gasteiger partial charge in [-0.15, -0.1) is 0 Å². The van der Waals surface area contributed by atoms with Crippen molar-refractivity contribution in [3.05, 3.63) is 18.1 Å². The van der Waals surface area contributed by atoms with Gasteiger partial charge in [-0.3, -0.25) is 4.79 Å². The Bertz CT molecular complexity index is 407. The molecule has 1 amide bonds. The van der Waals surface area contributed by atoms with Gasteiger partial charge in [0.05, 0.1) is 0 Å². The van der Waals surface area contributed by atoms with Crippen molar-refractivity contribution in [2.24, 2.45) is 5.73 Å². The van der Waals surface area contributed by atoms with Gasteiger partial charge in [-0.1, -0.05) is 0 Å². The van der Waals surface area contributed by atoms with E-state index in [0.717, 1.165) is 37.3 Å². The average Bonchev–Trinajstić information content (AvgIpc) is 2.29. The Morgan fingerprint density at radius 1 is 1.53 bits per heavy atom. The largest absolute Gasteiger partial charge is 0.370 e. The first kappa shape index (κ1) is 11.8. The highest BCUT2D eigenvalue weighted by molar-refractivity contribution is 5.75. The number of aryl methyl sites for hydroxylation is 1. The van der Waals surface area contributed by atoms with E-state index in [0.29, 0.717) is 6.42 Å². The summed E-state index contributed by atoms with van der Waals surface area (Å²) in [6, 6.07) is 2.15. The molecule has 0 unspecified atom stereocenters. The van der Waals surface area contributed by atoms with Crippen LogP contribution in [0.4, 0.5) is 5.82 Å². The lowest BCUT2D eigenvalue weighted by molar-refractivity contribution is -0.118. The molecule has 0 aromatic carbocycles. The van der Waals surface area contributed by atoms with Gasteiger partial charge in [0, 0.05) is 30.8 Å². The molecular weight excluding hydrogens is 216 g/mol. The molecule has 1 aromatic heterocycles. The van der Waals surface area contributed by atoms with Crippen LogP contribution in [0.5, 0.6) is 0 Å². The number of hydrogen-bond donors (Lipinski definition) is 1. The van der Waals surface area contributed by atoms with E-state index in [4.69, 9.17) is 5.73 Å². The Hall–Kier alpha value is -1.65.